The molecule has 0 saturated heterocycles. The van der Waals surface area contributed by atoms with Gasteiger partial charge in [-0.15, -0.1) is 0 Å². The second kappa shape index (κ2) is 5.56. The minimum Gasteiger partial charge on any atom is -0.497 e. The third-order valence-electron chi connectivity index (χ3n) is 3.74. The first-order valence-electron chi connectivity index (χ1n) is 6.98. The maximum absolute atomic E-state index is 12.2. The summed E-state index contributed by atoms with van der Waals surface area (Å²) < 4.78 is 10.5. The number of nitrogens with one attached hydrogen (secondary N) is 1. The summed E-state index contributed by atoms with van der Waals surface area (Å²) in [5, 5.41) is 2.87. The molecular weight excluding hydrogens is 278 g/mol. The van der Waals surface area contributed by atoms with Crippen LogP contribution in [0.1, 0.15) is 16.7 Å². The summed E-state index contributed by atoms with van der Waals surface area (Å²) in [4.78, 5) is 12.2. The molecule has 22 heavy (non-hydrogen) atoms. The largest absolute Gasteiger partial charge is 0.497 e. The number of fused-ring (bicyclic) bond motifs is 1. The zero-order chi connectivity index (χ0) is 15.7. The molecule has 2 aromatic rings. The standard InChI is InChI=1S/C18H17NO3/c1-11-8-12(4-7-17(11)22-3)9-15-14-10-13(21-2)5-6-16(14)19-18(15)20/h4-10H,1-3H3,(H,19,20)/b15-9+. The van der Waals surface area contributed by atoms with Crippen molar-refractivity contribution in [1.82, 2.24) is 0 Å². The number of hydrogen-bond donors (Lipinski definition) is 1. The second-order valence-corrected chi connectivity index (χ2v) is 5.15. The van der Waals surface area contributed by atoms with Crippen LogP contribution in [0.5, 0.6) is 11.5 Å². The zero-order valence-electron chi connectivity index (χ0n) is 12.8. The van der Waals surface area contributed by atoms with Gasteiger partial charge in [0, 0.05) is 16.8 Å². The molecule has 1 aliphatic heterocycles. The maximum atomic E-state index is 12.2. The third kappa shape index (κ3) is 2.44. The summed E-state index contributed by atoms with van der Waals surface area (Å²) >= 11 is 0. The van der Waals surface area contributed by atoms with Crippen LogP contribution in [0, 0.1) is 6.92 Å². The van der Waals surface area contributed by atoms with E-state index < -0.39 is 0 Å². The number of carbonyl (C=O) groups excluding carboxylic acids is 1. The SMILES string of the molecule is COc1ccc2c(c1)/C(=C\c1ccc(OC)c(C)c1)C(=O)N2. The average molecular weight is 295 g/mol. The Morgan fingerprint density at radius 1 is 1.05 bits per heavy atom. The van der Waals surface area contributed by atoms with Crippen LogP contribution in [0.4, 0.5) is 5.69 Å². The molecule has 0 unspecified atom stereocenters. The van der Waals surface area contributed by atoms with E-state index >= 15 is 0 Å². The van der Waals surface area contributed by atoms with Crippen molar-refractivity contribution in [2.75, 3.05) is 19.5 Å². The van der Waals surface area contributed by atoms with Crippen molar-refractivity contribution in [3.63, 3.8) is 0 Å². The van der Waals surface area contributed by atoms with Crippen LogP contribution in [-0.2, 0) is 4.79 Å². The molecule has 1 aliphatic rings. The highest BCUT2D eigenvalue weighted by molar-refractivity contribution is 6.35. The van der Waals surface area contributed by atoms with Gasteiger partial charge in [-0.05, 0) is 54.5 Å². The molecule has 0 radical (unpaired) electrons. The number of methoxy groups -OCH3 is 2. The summed E-state index contributed by atoms with van der Waals surface area (Å²) in [6, 6.07) is 11.4. The molecule has 4 heteroatoms. The van der Waals surface area contributed by atoms with Gasteiger partial charge in [0.15, 0.2) is 0 Å². The second-order valence-electron chi connectivity index (χ2n) is 5.15. The Bertz CT molecular complexity index is 778. The minimum absolute atomic E-state index is 0.100. The van der Waals surface area contributed by atoms with Crippen LogP contribution >= 0.6 is 0 Å². The van der Waals surface area contributed by atoms with Gasteiger partial charge >= 0.3 is 0 Å². The van der Waals surface area contributed by atoms with Crippen molar-refractivity contribution in [2.24, 2.45) is 0 Å². The van der Waals surface area contributed by atoms with E-state index in [4.69, 9.17) is 9.47 Å². The number of rotatable bonds is 3. The highest BCUT2D eigenvalue weighted by Crippen LogP contribution is 2.36. The minimum atomic E-state index is -0.100. The predicted molar refractivity (Wildman–Crippen MR) is 87.2 cm³/mol. The highest BCUT2D eigenvalue weighted by atomic mass is 16.5. The lowest BCUT2D eigenvalue weighted by Crippen LogP contribution is -2.03. The monoisotopic (exact) mass is 295 g/mol. The first kappa shape index (κ1) is 14.2. The molecule has 1 heterocycles. The number of aryl methyl sites for hydroxylation is 1. The Morgan fingerprint density at radius 2 is 1.86 bits per heavy atom. The van der Waals surface area contributed by atoms with Crippen molar-refractivity contribution < 1.29 is 14.3 Å². The normalized spacial score (nSPS) is 14.7. The molecular formula is C18H17NO3. The summed E-state index contributed by atoms with van der Waals surface area (Å²) in [7, 11) is 3.26. The van der Waals surface area contributed by atoms with Crippen LogP contribution in [0.25, 0.3) is 11.6 Å². The van der Waals surface area contributed by atoms with Gasteiger partial charge < -0.3 is 14.8 Å². The van der Waals surface area contributed by atoms with Gasteiger partial charge in [0.1, 0.15) is 11.5 Å². The van der Waals surface area contributed by atoms with Crippen LogP contribution in [-0.4, -0.2) is 20.1 Å². The van der Waals surface area contributed by atoms with Crippen molar-refractivity contribution >= 4 is 23.2 Å². The first-order chi connectivity index (χ1) is 10.6. The number of hydrogen-bond acceptors (Lipinski definition) is 3. The number of anilines is 1. The summed E-state index contributed by atoms with van der Waals surface area (Å²) in [6.07, 6.45) is 1.88. The summed E-state index contributed by atoms with van der Waals surface area (Å²) in [5.41, 5.74) is 4.29. The van der Waals surface area contributed by atoms with Crippen molar-refractivity contribution in [1.29, 1.82) is 0 Å². The Hall–Kier alpha value is -2.75. The Labute approximate surface area is 129 Å². The average Bonchev–Trinajstić information content (AvgIpc) is 2.83. The van der Waals surface area contributed by atoms with Gasteiger partial charge in [-0.1, -0.05) is 6.07 Å². The fourth-order valence-corrected chi connectivity index (χ4v) is 2.60. The van der Waals surface area contributed by atoms with E-state index in [1.54, 1.807) is 14.2 Å². The van der Waals surface area contributed by atoms with Gasteiger partial charge in [0.25, 0.3) is 5.91 Å². The molecule has 0 saturated carbocycles. The molecule has 0 spiro atoms. The van der Waals surface area contributed by atoms with Crippen molar-refractivity contribution in [3.8, 4) is 11.5 Å². The quantitative estimate of drug-likeness (QED) is 0.882. The Balaban J connectivity index is 2.05. The lowest BCUT2D eigenvalue weighted by Gasteiger charge is -2.06. The number of amides is 1. The molecule has 0 fully saturated rings. The lowest BCUT2D eigenvalue weighted by atomic mass is 10.0. The molecule has 112 valence electrons. The lowest BCUT2D eigenvalue weighted by molar-refractivity contribution is -0.110. The van der Waals surface area contributed by atoms with Crippen LogP contribution in [0.15, 0.2) is 36.4 Å². The van der Waals surface area contributed by atoms with Crippen LogP contribution in [0.2, 0.25) is 0 Å². The van der Waals surface area contributed by atoms with Gasteiger partial charge in [0.2, 0.25) is 0 Å². The molecule has 0 atom stereocenters. The molecule has 2 aromatic carbocycles. The van der Waals surface area contributed by atoms with Gasteiger partial charge in [-0.25, -0.2) is 0 Å². The number of benzene rings is 2. The maximum Gasteiger partial charge on any atom is 0.256 e. The molecule has 1 amide bonds. The molecule has 0 aliphatic carbocycles. The fourth-order valence-electron chi connectivity index (χ4n) is 2.60. The van der Waals surface area contributed by atoms with E-state index in [9.17, 15) is 4.79 Å². The fraction of sp³-hybridized carbons (Fsp3) is 0.167. The van der Waals surface area contributed by atoms with Crippen LogP contribution in [0.3, 0.4) is 0 Å². The number of carbonyl (C=O) groups is 1. The molecule has 4 nitrogen and oxygen atoms in total. The topological polar surface area (TPSA) is 47.6 Å². The van der Waals surface area contributed by atoms with E-state index in [-0.39, 0.29) is 5.91 Å². The van der Waals surface area contributed by atoms with Crippen molar-refractivity contribution in [2.45, 2.75) is 6.92 Å². The van der Waals surface area contributed by atoms with Crippen LogP contribution < -0.4 is 14.8 Å². The van der Waals surface area contributed by atoms with Crippen molar-refractivity contribution in [3.05, 3.63) is 53.1 Å². The molecule has 0 bridgehead atoms. The van der Waals surface area contributed by atoms with Gasteiger partial charge in [-0.3, -0.25) is 4.79 Å². The van der Waals surface area contributed by atoms with Gasteiger partial charge in [0.05, 0.1) is 14.2 Å². The number of ether oxygens (including phenoxy) is 2. The molecule has 3 rings (SSSR count). The summed E-state index contributed by atoms with van der Waals surface area (Å²) in [5.74, 6) is 1.46. The van der Waals surface area contributed by atoms with Gasteiger partial charge in [-0.2, -0.15) is 0 Å². The Morgan fingerprint density at radius 3 is 2.55 bits per heavy atom. The third-order valence-corrected chi connectivity index (χ3v) is 3.74. The van der Waals surface area contributed by atoms with E-state index in [0.29, 0.717) is 5.57 Å². The zero-order valence-corrected chi connectivity index (χ0v) is 12.8. The molecule has 1 N–H and O–H groups in total. The highest BCUT2D eigenvalue weighted by Gasteiger charge is 2.24. The summed E-state index contributed by atoms with van der Waals surface area (Å²) in [6.45, 7) is 1.98. The smallest absolute Gasteiger partial charge is 0.256 e. The Kier molecular flexibility index (Phi) is 3.59. The molecule has 0 aromatic heterocycles. The van der Waals surface area contributed by atoms with E-state index in [0.717, 1.165) is 33.9 Å². The predicted octanol–water partition coefficient (Wildman–Crippen LogP) is 3.50. The first-order valence-corrected chi connectivity index (χ1v) is 6.98. The van der Waals surface area contributed by atoms with E-state index in [1.807, 2.05) is 49.4 Å². The van der Waals surface area contributed by atoms with E-state index in [2.05, 4.69) is 5.32 Å². The van der Waals surface area contributed by atoms with E-state index in [1.165, 1.54) is 0 Å².